The fourth-order valence-corrected chi connectivity index (χ4v) is 4.23. The van der Waals surface area contributed by atoms with Crippen LogP contribution in [0.1, 0.15) is 25.3 Å². The molecule has 0 unspecified atom stereocenters. The molecule has 0 fully saturated rings. The summed E-state index contributed by atoms with van der Waals surface area (Å²) in [6, 6.07) is 26.9. The molecule has 0 N–H and O–H groups in total. The van der Waals surface area contributed by atoms with E-state index in [1.165, 1.54) is 5.56 Å². The van der Waals surface area contributed by atoms with Crippen molar-refractivity contribution in [2.75, 3.05) is 0 Å². The van der Waals surface area contributed by atoms with Gasteiger partial charge in [-0.05, 0) is 41.8 Å². The molecule has 3 heteroatoms. The highest BCUT2D eigenvalue weighted by atomic mass is 16.3. The van der Waals surface area contributed by atoms with Crippen molar-refractivity contribution in [3.63, 3.8) is 0 Å². The standard InChI is InChI=1S/C28H21NO2/c1-17(2)19-11-12-29-24(14-19)22-10-6-9-21-23-13-20-15-25(18-7-4-3-5-8-18)30-26(20)16-27(23)31-28(21)22/h3-17H,1-2H3. The third-order valence-corrected chi connectivity index (χ3v) is 5.92. The first kappa shape index (κ1) is 18.0. The lowest BCUT2D eigenvalue weighted by atomic mass is 10.0. The number of hydrogen-bond acceptors (Lipinski definition) is 3. The molecule has 0 atom stereocenters. The third-order valence-electron chi connectivity index (χ3n) is 5.92. The summed E-state index contributed by atoms with van der Waals surface area (Å²) in [7, 11) is 0. The average molecular weight is 403 g/mol. The van der Waals surface area contributed by atoms with Crippen LogP contribution >= 0.6 is 0 Å². The van der Waals surface area contributed by atoms with Gasteiger partial charge in [0.1, 0.15) is 22.5 Å². The molecule has 0 bridgehead atoms. The van der Waals surface area contributed by atoms with Gasteiger partial charge < -0.3 is 8.83 Å². The lowest BCUT2D eigenvalue weighted by Gasteiger charge is -2.07. The molecule has 6 rings (SSSR count). The second kappa shape index (κ2) is 6.85. The van der Waals surface area contributed by atoms with Crippen molar-refractivity contribution in [1.82, 2.24) is 4.98 Å². The normalized spacial score (nSPS) is 11.8. The molecule has 0 radical (unpaired) electrons. The number of aromatic nitrogens is 1. The Kier molecular flexibility index (Phi) is 3.97. The van der Waals surface area contributed by atoms with Crippen LogP contribution in [0, 0.1) is 0 Å². The molecular formula is C28H21NO2. The topological polar surface area (TPSA) is 39.2 Å². The quantitative estimate of drug-likeness (QED) is 0.299. The zero-order valence-corrected chi connectivity index (χ0v) is 17.4. The molecule has 3 nitrogen and oxygen atoms in total. The zero-order valence-electron chi connectivity index (χ0n) is 17.4. The van der Waals surface area contributed by atoms with Gasteiger partial charge >= 0.3 is 0 Å². The Morgan fingerprint density at radius 3 is 2.45 bits per heavy atom. The summed E-state index contributed by atoms with van der Waals surface area (Å²) in [5.41, 5.74) is 6.80. The summed E-state index contributed by atoms with van der Waals surface area (Å²) in [6.45, 7) is 4.39. The van der Waals surface area contributed by atoms with Gasteiger partial charge in [0.05, 0.1) is 5.69 Å². The summed E-state index contributed by atoms with van der Waals surface area (Å²) >= 11 is 0. The fourth-order valence-electron chi connectivity index (χ4n) is 4.23. The van der Waals surface area contributed by atoms with Crippen molar-refractivity contribution in [2.24, 2.45) is 0 Å². The second-order valence-electron chi connectivity index (χ2n) is 8.28. The number of furan rings is 2. The minimum absolute atomic E-state index is 0.447. The number of rotatable bonds is 3. The van der Waals surface area contributed by atoms with E-state index >= 15 is 0 Å². The molecule has 0 aliphatic rings. The van der Waals surface area contributed by atoms with Gasteiger partial charge in [-0.15, -0.1) is 0 Å². The highest BCUT2D eigenvalue weighted by Gasteiger charge is 2.16. The summed E-state index contributed by atoms with van der Waals surface area (Å²) in [5.74, 6) is 1.31. The summed E-state index contributed by atoms with van der Waals surface area (Å²) in [5, 5.41) is 3.25. The highest BCUT2D eigenvalue weighted by Crippen LogP contribution is 2.39. The van der Waals surface area contributed by atoms with E-state index in [0.717, 1.165) is 55.5 Å². The minimum Gasteiger partial charge on any atom is -0.456 e. The van der Waals surface area contributed by atoms with E-state index in [4.69, 9.17) is 8.83 Å². The first-order chi connectivity index (χ1) is 15.2. The van der Waals surface area contributed by atoms with Crippen LogP contribution in [-0.2, 0) is 0 Å². The largest absolute Gasteiger partial charge is 0.456 e. The summed E-state index contributed by atoms with van der Waals surface area (Å²) in [4.78, 5) is 4.62. The number of pyridine rings is 1. The van der Waals surface area contributed by atoms with Gasteiger partial charge in [-0.25, -0.2) is 0 Å². The van der Waals surface area contributed by atoms with Gasteiger partial charge in [-0.1, -0.05) is 56.3 Å². The summed E-state index contributed by atoms with van der Waals surface area (Å²) in [6.07, 6.45) is 1.88. The second-order valence-corrected chi connectivity index (χ2v) is 8.28. The first-order valence-corrected chi connectivity index (χ1v) is 10.6. The van der Waals surface area contributed by atoms with Crippen molar-refractivity contribution in [2.45, 2.75) is 19.8 Å². The monoisotopic (exact) mass is 403 g/mol. The smallest absolute Gasteiger partial charge is 0.144 e. The van der Waals surface area contributed by atoms with Crippen LogP contribution in [0.2, 0.25) is 0 Å². The maximum Gasteiger partial charge on any atom is 0.144 e. The molecular weight excluding hydrogens is 382 g/mol. The molecule has 0 saturated carbocycles. The first-order valence-electron chi connectivity index (χ1n) is 10.6. The number of benzene rings is 3. The van der Waals surface area contributed by atoms with Crippen LogP contribution in [0.25, 0.3) is 55.5 Å². The predicted octanol–water partition coefficient (Wildman–Crippen LogP) is 8.18. The highest BCUT2D eigenvalue weighted by molar-refractivity contribution is 6.12. The molecule has 0 spiro atoms. The lowest BCUT2D eigenvalue weighted by Crippen LogP contribution is -1.90. The maximum atomic E-state index is 6.36. The van der Waals surface area contributed by atoms with Crippen LogP contribution in [-0.4, -0.2) is 4.98 Å². The maximum absolute atomic E-state index is 6.36. The van der Waals surface area contributed by atoms with E-state index in [9.17, 15) is 0 Å². The number of nitrogens with zero attached hydrogens (tertiary/aromatic N) is 1. The van der Waals surface area contributed by atoms with E-state index in [0.29, 0.717) is 5.92 Å². The Morgan fingerprint density at radius 1 is 0.742 bits per heavy atom. The van der Waals surface area contributed by atoms with E-state index in [1.807, 2.05) is 30.5 Å². The molecule has 0 amide bonds. The van der Waals surface area contributed by atoms with Gasteiger partial charge in [0.15, 0.2) is 0 Å². The van der Waals surface area contributed by atoms with Crippen LogP contribution in [0.3, 0.4) is 0 Å². The van der Waals surface area contributed by atoms with Crippen molar-refractivity contribution in [3.05, 3.63) is 90.6 Å². The number of hydrogen-bond donors (Lipinski definition) is 0. The molecule has 31 heavy (non-hydrogen) atoms. The van der Waals surface area contributed by atoms with E-state index in [1.54, 1.807) is 0 Å². The predicted molar refractivity (Wildman–Crippen MR) is 126 cm³/mol. The Balaban J connectivity index is 1.55. The molecule has 6 aromatic rings. The van der Waals surface area contributed by atoms with E-state index in [2.05, 4.69) is 73.4 Å². The van der Waals surface area contributed by atoms with Crippen molar-refractivity contribution in [1.29, 1.82) is 0 Å². The molecule has 3 aromatic heterocycles. The number of fused-ring (bicyclic) bond motifs is 4. The van der Waals surface area contributed by atoms with Gasteiger partial charge in [-0.2, -0.15) is 0 Å². The van der Waals surface area contributed by atoms with Gasteiger partial charge in [0, 0.05) is 39.5 Å². The van der Waals surface area contributed by atoms with Crippen molar-refractivity contribution >= 4 is 32.9 Å². The molecule has 150 valence electrons. The minimum atomic E-state index is 0.447. The van der Waals surface area contributed by atoms with Crippen LogP contribution in [0.15, 0.2) is 93.9 Å². The fraction of sp³-hybridized carbons (Fsp3) is 0.107. The Labute approximate surface area is 179 Å². The van der Waals surface area contributed by atoms with Gasteiger partial charge in [-0.3, -0.25) is 4.98 Å². The molecule has 3 heterocycles. The molecule has 0 aliphatic carbocycles. The molecule has 0 aliphatic heterocycles. The lowest BCUT2D eigenvalue weighted by molar-refractivity contribution is 0.628. The van der Waals surface area contributed by atoms with Crippen molar-refractivity contribution in [3.8, 4) is 22.6 Å². The van der Waals surface area contributed by atoms with Crippen molar-refractivity contribution < 1.29 is 8.83 Å². The number of para-hydroxylation sites is 1. The Hall–Kier alpha value is -3.85. The zero-order chi connectivity index (χ0) is 20.9. The van der Waals surface area contributed by atoms with Crippen LogP contribution in [0.5, 0.6) is 0 Å². The van der Waals surface area contributed by atoms with Gasteiger partial charge in [0.2, 0.25) is 0 Å². The molecule has 3 aromatic carbocycles. The summed E-state index contributed by atoms with van der Waals surface area (Å²) < 4.78 is 12.5. The average Bonchev–Trinajstić information content (AvgIpc) is 3.38. The van der Waals surface area contributed by atoms with E-state index < -0.39 is 0 Å². The molecule has 0 saturated heterocycles. The Morgan fingerprint density at radius 2 is 1.61 bits per heavy atom. The van der Waals surface area contributed by atoms with E-state index in [-0.39, 0.29) is 0 Å². The van der Waals surface area contributed by atoms with Gasteiger partial charge in [0.25, 0.3) is 0 Å². The van der Waals surface area contributed by atoms with Crippen LogP contribution in [0.4, 0.5) is 0 Å². The third kappa shape index (κ3) is 2.93. The SMILES string of the molecule is CC(C)c1ccnc(-c2cccc3c2oc2cc4oc(-c5ccccc5)cc4cc23)c1. The van der Waals surface area contributed by atoms with Crippen LogP contribution < -0.4 is 0 Å². The Bertz CT molecular complexity index is 1550.